The fourth-order valence-corrected chi connectivity index (χ4v) is 8.88. The molecule has 0 atom stereocenters. The Morgan fingerprint density at radius 3 is 1.34 bits per heavy atom. The summed E-state index contributed by atoms with van der Waals surface area (Å²) in [5.74, 6) is 1.91. The molecule has 0 bridgehead atoms. The molecular weight excluding hydrogens is 741 g/mol. The van der Waals surface area contributed by atoms with E-state index in [1.54, 1.807) is 0 Å². The molecular formula is C57H36N4. The summed E-state index contributed by atoms with van der Waals surface area (Å²) in [6.45, 7) is 0. The predicted octanol–water partition coefficient (Wildman–Crippen LogP) is 14.8. The van der Waals surface area contributed by atoms with Gasteiger partial charge in [-0.2, -0.15) is 0 Å². The van der Waals surface area contributed by atoms with Crippen LogP contribution in [0.5, 0.6) is 0 Å². The second-order valence-electron chi connectivity index (χ2n) is 15.7. The van der Waals surface area contributed by atoms with Crippen LogP contribution in [0.1, 0.15) is 0 Å². The Kier molecular flexibility index (Phi) is 8.13. The van der Waals surface area contributed by atoms with Crippen molar-refractivity contribution in [3.63, 3.8) is 0 Å². The molecule has 10 aromatic carbocycles. The Balaban J connectivity index is 0.924. The first-order valence-corrected chi connectivity index (χ1v) is 20.7. The van der Waals surface area contributed by atoms with Crippen molar-refractivity contribution < 1.29 is 0 Å². The Morgan fingerprint density at radius 2 is 0.705 bits per heavy atom. The standard InChI is InChI=1S/C57H36N4/c1-2-10-37(11-3-1)39-18-23-43(24-19-39)55-58-56(60-57(59-55)48-27-22-38-12-4-5-14-45(38)34-48)44-25-20-40(21-26-44)41-28-31-49(32-29-41)61-53-36-47-16-7-6-15-46(47)35-52(53)51-33-30-42-13-8-9-17-50(42)54(51)61/h1-36H. The molecule has 0 saturated carbocycles. The van der Waals surface area contributed by atoms with Crippen molar-refractivity contribution in [2.45, 2.75) is 0 Å². The van der Waals surface area contributed by atoms with Crippen LogP contribution in [0.4, 0.5) is 0 Å². The van der Waals surface area contributed by atoms with Gasteiger partial charge in [0.05, 0.1) is 11.0 Å². The van der Waals surface area contributed by atoms with Gasteiger partial charge in [0.2, 0.25) is 0 Å². The molecule has 0 saturated heterocycles. The van der Waals surface area contributed by atoms with Gasteiger partial charge in [0.25, 0.3) is 0 Å². The molecule has 12 aromatic rings. The Labute approximate surface area is 352 Å². The van der Waals surface area contributed by atoms with Gasteiger partial charge < -0.3 is 4.57 Å². The maximum Gasteiger partial charge on any atom is 0.164 e. The van der Waals surface area contributed by atoms with Crippen LogP contribution < -0.4 is 0 Å². The Hall–Kier alpha value is -8.21. The quantitative estimate of drug-likeness (QED) is 0.169. The molecule has 12 rings (SSSR count). The maximum absolute atomic E-state index is 5.08. The van der Waals surface area contributed by atoms with Gasteiger partial charge in [-0.1, -0.05) is 188 Å². The van der Waals surface area contributed by atoms with E-state index in [2.05, 4.69) is 217 Å². The molecule has 0 aliphatic carbocycles. The van der Waals surface area contributed by atoms with Crippen molar-refractivity contribution in [1.82, 2.24) is 19.5 Å². The number of aromatic nitrogens is 4. The second kappa shape index (κ2) is 14.3. The van der Waals surface area contributed by atoms with Gasteiger partial charge in [0.15, 0.2) is 17.5 Å². The minimum atomic E-state index is 0.633. The van der Waals surface area contributed by atoms with Crippen molar-refractivity contribution in [2.75, 3.05) is 0 Å². The fraction of sp³-hybridized carbons (Fsp3) is 0. The minimum absolute atomic E-state index is 0.633. The van der Waals surface area contributed by atoms with Crippen molar-refractivity contribution >= 4 is 54.1 Å². The van der Waals surface area contributed by atoms with Crippen LogP contribution in [-0.4, -0.2) is 19.5 Å². The molecule has 61 heavy (non-hydrogen) atoms. The molecule has 0 unspecified atom stereocenters. The van der Waals surface area contributed by atoms with Gasteiger partial charge in [-0.15, -0.1) is 0 Å². The van der Waals surface area contributed by atoms with Crippen LogP contribution in [0.3, 0.4) is 0 Å². The SMILES string of the molecule is c1ccc(-c2ccc(-c3nc(-c4ccc(-c5ccc(-n6c7cc8ccccc8cc7c7ccc8ccccc8c76)cc5)cc4)nc(-c4ccc5ccccc5c4)n3)cc2)cc1. The maximum atomic E-state index is 5.08. The fourth-order valence-electron chi connectivity index (χ4n) is 8.88. The van der Waals surface area contributed by atoms with Crippen LogP contribution in [0, 0.1) is 0 Å². The van der Waals surface area contributed by atoms with E-state index in [0.717, 1.165) is 44.5 Å². The normalized spacial score (nSPS) is 11.6. The summed E-state index contributed by atoms with van der Waals surface area (Å²) in [7, 11) is 0. The largest absolute Gasteiger partial charge is 0.309 e. The van der Waals surface area contributed by atoms with Gasteiger partial charge >= 0.3 is 0 Å². The van der Waals surface area contributed by atoms with Crippen molar-refractivity contribution in [3.8, 4) is 62.1 Å². The Morgan fingerprint density at radius 1 is 0.262 bits per heavy atom. The van der Waals surface area contributed by atoms with E-state index in [9.17, 15) is 0 Å². The van der Waals surface area contributed by atoms with Gasteiger partial charge in [0.1, 0.15) is 0 Å². The number of hydrogen-bond acceptors (Lipinski definition) is 3. The molecule has 2 aromatic heterocycles. The molecule has 0 radical (unpaired) electrons. The van der Waals surface area contributed by atoms with Crippen LogP contribution >= 0.6 is 0 Å². The first-order valence-electron chi connectivity index (χ1n) is 20.7. The molecule has 0 aliphatic rings. The molecule has 0 aliphatic heterocycles. The molecule has 4 nitrogen and oxygen atoms in total. The number of nitrogens with zero attached hydrogens (tertiary/aromatic N) is 4. The van der Waals surface area contributed by atoms with E-state index in [0.29, 0.717) is 17.5 Å². The molecule has 0 spiro atoms. The summed E-state index contributed by atoms with van der Waals surface area (Å²) in [5, 5.41) is 9.80. The lowest BCUT2D eigenvalue weighted by molar-refractivity contribution is 1.07. The lowest BCUT2D eigenvalue weighted by Gasteiger charge is -2.12. The predicted molar refractivity (Wildman–Crippen MR) is 254 cm³/mol. The van der Waals surface area contributed by atoms with Gasteiger partial charge in [0, 0.05) is 38.5 Å². The third-order valence-electron chi connectivity index (χ3n) is 12.0. The van der Waals surface area contributed by atoms with E-state index in [-0.39, 0.29) is 0 Å². The van der Waals surface area contributed by atoms with Crippen LogP contribution in [0.15, 0.2) is 218 Å². The lowest BCUT2D eigenvalue weighted by Crippen LogP contribution is -2.00. The summed E-state index contributed by atoms with van der Waals surface area (Å²) >= 11 is 0. The number of hydrogen-bond donors (Lipinski definition) is 0. The van der Waals surface area contributed by atoms with E-state index in [4.69, 9.17) is 15.0 Å². The highest BCUT2D eigenvalue weighted by Crippen LogP contribution is 2.39. The Bertz CT molecular complexity index is 3610. The highest BCUT2D eigenvalue weighted by molar-refractivity contribution is 6.20. The molecule has 0 amide bonds. The van der Waals surface area contributed by atoms with E-state index in [1.165, 1.54) is 54.3 Å². The summed E-state index contributed by atoms with van der Waals surface area (Å²) < 4.78 is 2.44. The first kappa shape index (κ1) is 34.8. The zero-order chi connectivity index (χ0) is 40.3. The zero-order valence-corrected chi connectivity index (χ0v) is 33.1. The molecule has 4 heteroatoms. The monoisotopic (exact) mass is 776 g/mol. The van der Waals surface area contributed by atoms with Gasteiger partial charge in [-0.3, -0.25) is 0 Å². The highest BCUT2D eigenvalue weighted by atomic mass is 15.0. The molecule has 284 valence electrons. The van der Waals surface area contributed by atoms with Gasteiger partial charge in [-0.25, -0.2) is 15.0 Å². The molecule has 2 heterocycles. The summed E-state index contributed by atoms with van der Waals surface area (Å²) in [5.41, 5.74) is 10.9. The summed E-state index contributed by atoms with van der Waals surface area (Å²) in [6.07, 6.45) is 0. The molecule has 0 fully saturated rings. The number of fused-ring (bicyclic) bond motifs is 7. The van der Waals surface area contributed by atoms with Crippen molar-refractivity contribution in [1.29, 1.82) is 0 Å². The first-order chi connectivity index (χ1) is 30.2. The third kappa shape index (κ3) is 6.12. The zero-order valence-electron chi connectivity index (χ0n) is 33.1. The summed E-state index contributed by atoms with van der Waals surface area (Å²) in [6, 6.07) is 77.7. The smallest absolute Gasteiger partial charge is 0.164 e. The average Bonchev–Trinajstić information content (AvgIpc) is 3.67. The second-order valence-corrected chi connectivity index (χ2v) is 15.7. The van der Waals surface area contributed by atoms with E-state index < -0.39 is 0 Å². The van der Waals surface area contributed by atoms with Crippen LogP contribution in [-0.2, 0) is 0 Å². The number of benzene rings is 10. The average molecular weight is 777 g/mol. The van der Waals surface area contributed by atoms with Crippen LogP contribution in [0.2, 0.25) is 0 Å². The lowest BCUT2D eigenvalue weighted by atomic mass is 10.0. The molecule has 0 N–H and O–H groups in total. The van der Waals surface area contributed by atoms with E-state index in [1.807, 2.05) is 6.07 Å². The topological polar surface area (TPSA) is 43.6 Å². The van der Waals surface area contributed by atoms with E-state index >= 15 is 0 Å². The minimum Gasteiger partial charge on any atom is -0.309 e. The highest BCUT2D eigenvalue weighted by Gasteiger charge is 2.17. The van der Waals surface area contributed by atoms with Crippen molar-refractivity contribution in [2.24, 2.45) is 0 Å². The third-order valence-corrected chi connectivity index (χ3v) is 12.0. The summed E-state index contributed by atoms with van der Waals surface area (Å²) in [4.78, 5) is 15.2. The van der Waals surface area contributed by atoms with Crippen molar-refractivity contribution in [3.05, 3.63) is 218 Å². The van der Waals surface area contributed by atoms with Crippen LogP contribution in [0.25, 0.3) is 116 Å². The number of rotatable bonds is 6. The van der Waals surface area contributed by atoms with Gasteiger partial charge in [-0.05, 0) is 79.5 Å².